The molecule has 9 nitrogen and oxygen atoms in total. The summed E-state index contributed by atoms with van der Waals surface area (Å²) in [4.78, 5) is 51.8. The zero-order chi connectivity index (χ0) is 25.8. The Hall–Kier alpha value is -4.15. The van der Waals surface area contributed by atoms with Gasteiger partial charge in [0.2, 0.25) is 11.8 Å². The van der Waals surface area contributed by atoms with Crippen molar-refractivity contribution in [3.8, 4) is 0 Å². The number of aryl methyl sites for hydroxylation is 1. The van der Waals surface area contributed by atoms with Crippen LogP contribution in [0.4, 0.5) is 14.5 Å². The molecule has 1 aliphatic rings. The van der Waals surface area contributed by atoms with Crippen LogP contribution in [0, 0.1) is 17.6 Å². The van der Waals surface area contributed by atoms with Gasteiger partial charge in [-0.2, -0.15) is 5.10 Å². The maximum Gasteiger partial charge on any atom is 0.290 e. The smallest absolute Gasteiger partial charge is 0.290 e. The maximum absolute atomic E-state index is 14.1. The molecule has 1 atom stereocenters. The van der Waals surface area contributed by atoms with Crippen molar-refractivity contribution >= 4 is 34.2 Å². The summed E-state index contributed by atoms with van der Waals surface area (Å²) in [6.45, 7) is 2.25. The number of hydrazine groups is 1. The third kappa shape index (κ3) is 5.09. The van der Waals surface area contributed by atoms with E-state index in [1.165, 1.54) is 4.68 Å². The highest BCUT2D eigenvalue weighted by atomic mass is 19.1. The third-order valence-corrected chi connectivity index (χ3v) is 6.05. The number of carbonyl (C=O) groups is 3. The molecule has 3 aromatic rings. The lowest BCUT2D eigenvalue weighted by Crippen LogP contribution is -2.46. The summed E-state index contributed by atoms with van der Waals surface area (Å²) in [6, 6.07) is 9.40. The molecule has 1 aromatic heterocycles. The summed E-state index contributed by atoms with van der Waals surface area (Å²) in [7, 11) is 0. The number of fused-ring (bicyclic) bond motifs is 1. The van der Waals surface area contributed by atoms with Crippen LogP contribution in [0.25, 0.3) is 10.8 Å². The number of nitrogens with zero attached hydrogens (tertiary/aromatic N) is 3. The van der Waals surface area contributed by atoms with Crippen LogP contribution >= 0.6 is 0 Å². The molecule has 1 unspecified atom stereocenters. The van der Waals surface area contributed by atoms with Gasteiger partial charge in [-0.3, -0.25) is 30.0 Å². The van der Waals surface area contributed by atoms with E-state index in [0.29, 0.717) is 23.4 Å². The van der Waals surface area contributed by atoms with E-state index in [4.69, 9.17) is 0 Å². The molecule has 1 saturated heterocycles. The van der Waals surface area contributed by atoms with E-state index in [1.54, 1.807) is 24.3 Å². The van der Waals surface area contributed by atoms with Gasteiger partial charge in [0, 0.05) is 31.0 Å². The van der Waals surface area contributed by atoms with E-state index in [1.807, 2.05) is 6.92 Å². The highest BCUT2D eigenvalue weighted by Crippen LogP contribution is 2.28. The lowest BCUT2D eigenvalue weighted by atomic mass is 10.1. The van der Waals surface area contributed by atoms with Crippen LogP contribution in [0.3, 0.4) is 0 Å². The van der Waals surface area contributed by atoms with Gasteiger partial charge in [0.05, 0.1) is 17.0 Å². The van der Waals surface area contributed by atoms with Crippen molar-refractivity contribution in [1.82, 2.24) is 20.6 Å². The minimum Gasteiger partial charge on any atom is -0.309 e. The Morgan fingerprint density at radius 1 is 1.06 bits per heavy atom. The maximum atomic E-state index is 14.1. The molecule has 0 radical (unpaired) electrons. The fraction of sp³-hybridized carbons (Fsp3) is 0.320. The molecular formula is C25H25F2N5O4. The molecule has 3 amide bonds. The van der Waals surface area contributed by atoms with Gasteiger partial charge in [-0.15, -0.1) is 0 Å². The Bertz CT molecular complexity index is 1390. The monoisotopic (exact) mass is 497 g/mol. The number of benzene rings is 2. The van der Waals surface area contributed by atoms with Gasteiger partial charge >= 0.3 is 0 Å². The molecule has 11 heteroatoms. The largest absolute Gasteiger partial charge is 0.309 e. The Kier molecular flexibility index (Phi) is 7.37. The second-order valence-electron chi connectivity index (χ2n) is 8.57. The quantitative estimate of drug-likeness (QED) is 0.385. The number of aromatic nitrogens is 2. The van der Waals surface area contributed by atoms with Crippen molar-refractivity contribution in [2.45, 2.75) is 39.2 Å². The molecular weight excluding hydrogens is 472 g/mol. The predicted octanol–water partition coefficient (Wildman–Crippen LogP) is 2.68. The van der Waals surface area contributed by atoms with Gasteiger partial charge in [0.1, 0.15) is 11.6 Å². The van der Waals surface area contributed by atoms with Gasteiger partial charge in [0.25, 0.3) is 11.5 Å². The highest BCUT2D eigenvalue weighted by Gasteiger charge is 2.36. The van der Waals surface area contributed by atoms with Gasteiger partial charge in [-0.1, -0.05) is 38.0 Å². The van der Waals surface area contributed by atoms with Gasteiger partial charge < -0.3 is 4.90 Å². The van der Waals surface area contributed by atoms with Gasteiger partial charge in [-0.25, -0.2) is 13.5 Å². The van der Waals surface area contributed by atoms with E-state index in [0.717, 1.165) is 36.3 Å². The van der Waals surface area contributed by atoms with E-state index < -0.39 is 35.3 Å². The lowest BCUT2D eigenvalue weighted by Gasteiger charge is -2.17. The topological polar surface area (TPSA) is 113 Å². The molecule has 188 valence electrons. The minimum absolute atomic E-state index is 0.0282. The number of hydrogen-bond donors (Lipinski definition) is 2. The number of carbonyl (C=O) groups excluding carboxylic acids is 3. The molecule has 4 rings (SSSR count). The summed E-state index contributed by atoms with van der Waals surface area (Å²) in [5.41, 5.74) is 4.13. The summed E-state index contributed by atoms with van der Waals surface area (Å²) in [6.07, 6.45) is 2.37. The van der Waals surface area contributed by atoms with Crippen LogP contribution in [0.2, 0.25) is 0 Å². The van der Waals surface area contributed by atoms with Crippen molar-refractivity contribution in [2.75, 3.05) is 11.4 Å². The first-order valence-corrected chi connectivity index (χ1v) is 11.7. The number of hydrogen-bond acceptors (Lipinski definition) is 5. The second kappa shape index (κ2) is 10.6. The molecule has 1 fully saturated rings. The number of nitrogens with one attached hydrogen (secondary N) is 2. The Morgan fingerprint density at radius 3 is 2.53 bits per heavy atom. The first kappa shape index (κ1) is 25.0. The number of anilines is 1. The number of rotatable bonds is 7. The molecule has 2 aromatic carbocycles. The second-order valence-corrected chi connectivity index (χ2v) is 8.57. The first-order valence-electron chi connectivity index (χ1n) is 11.7. The molecule has 0 aliphatic carbocycles. The molecule has 36 heavy (non-hydrogen) atoms. The van der Waals surface area contributed by atoms with Crippen molar-refractivity contribution in [3.63, 3.8) is 0 Å². The first-order chi connectivity index (χ1) is 17.3. The van der Waals surface area contributed by atoms with Crippen LogP contribution in [-0.2, 0) is 16.1 Å². The molecule has 2 heterocycles. The third-order valence-electron chi connectivity index (χ3n) is 6.05. The standard InChI is InChI=1S/C25H25F2N5O4/c1-2-3-6-11-32-25(36)18-8-5-4-7-17(18)22(30-32)24(35)29-28-23(34)15-12-21(33)31(14-15)20-10-9-16(26)13-19(20)27/h4-5,7-10,13,15H,2-3,6,11-12,14H2,1H3,(H,28,34)(H,29,35). The van der Waals surface area contributed by atoms with E-state index in [-0.39, 0.29) is 29.9 Å². The normalized spacial score (nSPS) is 15.4. The highest BCUT2D eigenvalue weighted by molar-refractivity contribution is 6.06. The van der Waals surface area contributed by atoms with Crippen molar-refractivity contribution < 1.29 is 23.2 Å². The minimum atomic E-state index is -0.912. The lowest BCUT2D eigenvalue weighted by molar-refractivity contribution is -0.126. The van der Waals surface area contributed by atoms with Gasteiger partial charge in [0.15, 0.2) is 5.69 Å². The van der Waals surface area contributed by atoms with E-state index in [2.05, 4.69) is 16.0 Å². The zero-order valence-electron chi connectivity index (χ0n) is 19.6. The Balaban J connectivity index is 1.47. The average Bonchev–Trinajstić information content (AvgIpc) is 3.25. The van der Waals surface area contributed by atoms with E-state index >= 15 is 0 Å². The molecule has 0 bridgehead atoms. The Labute approximate surface area is 205 Å². The zero-order valence-corrected chi connectivity index (χ0v) is 19.6. The van der Waals surface area contributed by atoms with Crippen LogP contribution in [-0.4, -0.2) is 34.0 Å². The fourth-order valence-electron chi connectivity index (χ4n) is 4.16. The summed E-state index contributed by atoms with van der Waals surface area (Å²) in [5.74, 6) is -4.44. The van der Waals surface area contributed by atoms with Crippen molar-refractivity contribution in [3.05, 3.63) is 70.1 Å². The van der Waals surface area contributed by atoms with Crippen molar-refractivity contribution in [2.24, 2.45) is 5.92 Å². The van der Waals surface area contributed by atoms with Crippen molar-refractivity contribution in [1.29, 1.82) is 0 Å². The Morgan fingerprint density at radius 2 is 1.81 bits per heavy atom. The molecule has 0 spiro atoms. The van der Waals surface area contributed by atoms with Crippen LogP contribution in [0.15, 0.2) is 47.3 Å². The number of halogens is 2. The van der Waals surface area contributed by atoms with E-state index in [9.17, 15) is 28.0 Å². The van der Waals surface area contributed by atoms with Crippen LogP contribution < -0.4 is 21.3 Å². The molecule has 2 N–H and O–H groups in total. The SMILES string of the molecule is CCCCCn1nc(C(=O)NNC(=O)C2CC(=O)N(c3ccc(F)cc3F)C2)c2ccccc2c1=O. The number of unbranched alkanes of at least 4 members (excludes halogenated alkanes) is 2. The van der Waals surface area contributed by atoms with Crippen LogP contribution in [0.1, 0.15) is 43.1 Å². The summed E-state index contributed by atoms with van der Waals surface area (Å²) >= 11 is 0. The predicted molar refractivity (Wildman–Crippen MR) is 128 cm³/mol. The summed E-state index contributed by atoms with van der Waals surface area (Å²) < 4.78 is 28.6. The van der Waals surface area contributed by atoms with Crippen LogP contribution in [0.5, 0.6) is 0 Å². The summed E-state index contributed by atoms with van der Waals surface area (Å²) in [5, 5.41) is 4.91. The van der Waals surface area contributed by atoms with Gasteiger partial charge in [-0.05, 0) is 24.6 Å². The number of amides is 3. The fourth-order valence-corrected chi connectivity index (χ4v) is 4.16. The average molecular weight is 498 g/mol. The molecule has 0 saturated carbocycles. The molecule has 1 aliphatic heterocycles.